The van der Waals surface area contributed by atoms with Gasteiger partial charge in [0.1, 0.15) is 0 Å². The summed E-state index contributed by atoms with van der Waals surface area (Å²) >= 11 is 0. The van der Waals surface area contributed by atoms with Crippen LogP contribution >= 0.6 is 0 Å². The second-order valence-electron chi connectivity index (χ2n) is 8.86. The molecule has 1 aliphatic heterocycles. The highest BCUT2D eigenvalue weighted by molar-refractivity contribution is 5.48. The third-order valence-electron chi connectivity index (χ3n) is 5.97. The Labute approximate surface area is 141 Å². The van der Waals surface area contributed by atoms with Gasteiger partial charge in [-0.1, -0.05) is 40.7 Å². The van der Waals surface area contributed by atoms with Crippen LogP contribution in [0.1, 0.15) is 83.6 Å². The van der Waals surface area contributed by atoms with Crippen LogP contribution in [-0.4, -0.2) is 12.7 Å². The number of hydrogen-bond acceptors (Lipinski definition) is 2. The molecule has 0 unspecified atom stereocenters. The molecule has 23 heavy (non-hydrogen) atoms. The molecule has 0 amide bonds. The van der Waals surface area contributed by atoms with E-state index in [-0.39, 0.29) is 16.9 Å². The fraction of sp³-hybridized carbons (Fsp3) is 0.714. The van der Waals surface area contributed by atoms with E-state index < -0.39 is 5.79 Å². The summed E-state index contributed by atoms with van der Waals surface area (Å²) in [5.74, 6) is -0.600. The summed E-state index contributed by atoms with van der Waals surface area (Å²) in [7, 11) is 0. The summed E-state index contributed by atoms with van der Waals surface area (Å²) in [6.07, 6.45) is 3.64. The van der Waals surface area contributed by atoms with Gasteiger partial charge in [0.05, 0.1) is 12.7 Å². The lowest BCUT2D eigenvalue weighted by atomic mass is 9.62. The van der Waals surface area contributed by atoms with Crippen molar-refractivity contribution in [2.24, 2.45) is 0 Å². The van der Waals surface area contributed by atoms with Crippen LogP contribution in [-0.2, 0) is 32.5 Å². The van der Waals surface area contributed by atoms with E-state index in [2.05, 4.69) is 60.6 Å². The van der Waals surface area contributed by atoms with Crippen molar-refractivity contribution in [1.82, 2.24) is 0 Å². The van der Waals surface area contributed by atoms with Gasteiger partial charge in [-0.05, 0) is 66.7 Å². The Balaban J connectivity index is 2.20. The monoisotopic (exact) mass is 316 g/mol. The van der Waals surface area contributed by atoms with Crippen molar-refractivity contribution in [3.8, 4) is 0 Å². The maximum atomic E-state index is 6.17. The summed E-state index contributed by atoms with van der Waals surface area (Å²) in [6, 6.07) is 4.83. The quantitative estimate of drug-likeness (QED) is 0.746. The van der Waals surface area contributed by atoms with Gasteiger partial charge in [-0.15, -0.1) is 0 Å². The SMILES string of the molecule is CCc1cc2c(cc1[C@]1(C)OC[C@@H](C)O1)C(C)(C)CCC2(C)C. The molecule has 2 atom stereocenters. The molecule has 0 radical (unpaired) electrons. The molecule has 1 heterocycles. The Kier molecular flexibility index (Phi) is 3.93. The Morgan fingerprint density at radius 3 is 2.00 bits per heavy atom. The van der Waals surface area contributed by atoms with E-state index in [9.17, 15) is 0 Å². The number of benzene rings is 1. The van der Waals surface area contributed by atoms with Gasteiger partial charge >= 0.3 is 0 Å². The van der Waals surface area contributed by atoms with Crippen LogP contribution in [0.3, 0.4) is 0 Å². The maximum absolute atomic E-state index is 6.17. The molecule has 0 spiro atoms. The first-order valence-corrected chi connectivity index (χ1v) is 9.09. The van der Waals surface area contributed by atoms with E-state index in [0.717, 1.165) is 6.42 Å². The lowest BCUT2D eigenvalue weighted by molar-refractivity contribution is -0.160. The zero-order valence-corrected chi connectivity index (χ0v) is 15.9. The Hall–Kier alpha value is -0.860. The zero-order valence-electron chi connectivity index (χ0n) is 15.9. The summed E-state index contributed by atoms with van der Waals surface area (Å²) in [5.41, 5.74) is 6.06. The van der Waals surface area contributed by atoms with E-state index >= 15 is 0 Å². The van der Waals surface area contributed by atoms with Crippen molar-refractivity contribution in [2.45, 2.75) is 90.4 Å². The Morgan fingerprint density at radius 1 is 0.957 bits per heavy atom. The molecule has 1 fully saturated rings. The molecule has 1 aliphatic carbocycles. The minimum Gasteiger partial charge on any atom is -0.343 e. The molecule has 1 aromatic carbocycles. The lowest BCUT2D eigenvalue weighted by Gasteiger charge is -2.43. The van der Waals surface area contributed by atoms with E-state index in [4.69, 9.17) is 9.47 Å². The van der Waals surface area contributed by atoms with Crippen LogP contribution < -0.4 is 0 Å². The topological polar surface area (TPSA) is 18.5 Å². The molecule has 0 bridgehead atoms. The lowest BCUT2D eigenvalue weighted by Crippen LogP contribution is -2.35. The minimum atomic E-state index is -0.600. The fourth-order valence-electron chi connectivity index (χ4n) is 4.24. The summed E-state index contributed by atoms with van der Waals surface area (Å²) in [5, 5.41) is 0. The molecule has 2 aliphatic rings. The van der Waals surface area contributed by atoms with Gasteiger partial charge in [-0.2, -0.15) is 0 Å². The van der Waals surface area contributed by atoms with Gasteiger partial charge in [0.2, 0.25) is 0 Å². The van der Waals surface area contributed by atoms with Crippen LogP contribution in [0.15, 0.2) is 12.1 Å². The van der Waals surface area contributed by atoms with E-state index in [1.165, 1.54) is 35.1 Å². The van der Waals surface area contributed by atoms with Gasteiger partial charge in [-0.25, -0.2) is 0 Å². The molecular formula is C21H32O2. The molecule has 2 heteroatoms. The van der Waals surface area contributed by atoms with Gasteiger partial charge in [0, 0.05) is 5.56 Å². The third kappa shape index (κ3) is 2.74. The summed E-state index contributed by atoms with van der Waals surface area (Å²) in [6.45, 7) is 16.6. The van der Waals surface area contributed by atoms with Crippen LogP contribution in [0.5, 0.6) is 0 Å². The number of aryl methyl sites for hydroxylation is 1. The van der Waals surface area contributed by atoms with Crippen LogP contribution in [0.2, 0.25) is 0 Å². The predicted octanol–water partition coefficient (Wildman–Crippen LogP) is 5.21. The van der Waals surface area contributed by atoms with Crippen molar-refractivity contribution in [3.63, 3.8) is 0 Å². The van der Waals surface area contributed by atoms with E-state index in [1.807, 2.05) is 0 Å². The normalized spacial score (nSPS) is 31.9. The third-order valence-corrected chi connectivity index (χ3v) is 5.97. The standard InChI is InChI=1S/C21H32O2/c1-8-15-11-17-18(20(5,6)10-9-19(17,3)4)12-16(15)21(7)22-13-14(2)23-21/h11-12,14H,8-10,13H2,1-7H3/t14-,21-/m1/s1. The van der Waals surface area contributed by atoms with Gasteiger partial charge < -0.3 is 9.47 Å². The predicted molar refractivity (Wildman–Crippen MR) is 95.0 cm³/mol. The molecular weight excluding hydrogens is 284 g/mol. The second-order valence-corrected chi connectivity index (χ2v) is 8.86. The molecule has 1 saturated heterocycles. The van der Waals surface area contributed by atoms with Crippen LogP contribution in [0, 0.1) is 0 Å². The molecule has 2 nitrogen and oxygen atoms in total. The highest BCUT2D eigenvalue weighted by Crippen LogP contribution is 2.48. The highest BCUT2D eigenvalue weighted by atomic mass is 16.7. The van der Waals surface area contributed by atoms with Crippen LogP contribution in [0.25, 0.3) is 0 Å². The first-order valence-electron chi connectivity index (χ1n) is 9.09. The van der Waals surface area contributed by atoms with E-state index in [1.54, 1.807) is 0 Å². The van der Waals surface area contributed by atoms with Gasteiger partial charge in [0.25, 0.3) is 0 Å². The largest absolute Gasteiger partial charge is 0.343 e. The summed E-state index contributed by atoms with van der Waals surface area (Å²) < 4.78 is 12.2. The fourth-order valence-corrected chi connectivity index (χ4v) is 4.24. The van der Waals surface area contributed by atoms with Crippen molar-refractivity contribution in [2.75, 3.05) is 6.61 Å². The van der Waals surface area contributed by atoms with E-state index in [0.29, 0.717) is 6.61 Å². The van der Waals surface area contributed by atoms with Gasteiger partial charge in [-0.3, -0.25) is 0 Å². The molecule has 3 rings (SSSR count). The number of fused-ring (bicyclic) bond motifs is 1. The highest BCUT2D eigenvalue weighted by Gasteiger charge is 2.42. The zero-order chi connectivity index (χ0) is 17.0. The first-order chi connectivity index (χ1) is 10.6. The Morgan fingerprint density at radius 2 is 1.52 bits per heavy atom. The molecule has 1 aromatic rings. The Bertz CT molecular complexity index is 615. The molecule has 0 aromatic heterocycles. The first kappa shape index (κ1) is 17.0. The van der Waals surface area contributed by atoms with Crippen molar-refractivity contribution in [3.05, 3.63) is 34.4 Å². The number of rotatable bonds is 2. The van der Waals surface area contributed by atoms with Crippen molar-refractivity contribution < 1.29 is 9.47 Å². The summed E-state index contributed by atoms with van der Waals surface area (Å²) in [4.78, 5) is 0. The molecule has 128 valence electrons. The second kappa shape index (κ2) is 5.32. The number of hydrogen-bond donors (Lipinski definition) is 0. The molecule has 0 N–H and O–H groups in total. The average Bonchev–Trinajstić information content (AvgIpc) is 2.83. The van der Waals surface area contributed by atoms with Crippen molar-refractivity contribution in [1.29, 1.82) is 0 Å². The number of ether oxygens (including phenoxy) is 2. The average molecular weight is 316 g/mol. The smallest absolute Gasteiger partial charge is 0.192 e. The maximum Gasteiger partial charge on any atom is 0.192 e. The van der Waals surface area contributed by atoms with Crippen molar-refractivity contribution >= 4 is 0 Å². The molecule has 0 saturated carbocycles. The van der Waals surface area contributed by atoms with Gasteiger partial charge in [0.15, 0.2) is 5.79 Å². The van der Waals surface area contributed by atoms with Crippen LogP contribution in [0.4, 0.5) is 0 Å². The minimum absolute atomic E-state index is 0.158.